The van der Waals surface area contributed by atoms with Crippen molar-refractivity contribution in [3.05, 3.63) is 64.6 Å². The molecule has 0 radical (unpaired) electrons. The molecule has 114 valence electrons. The summed E-state index contributed by atoms with van der Waals surface area (Å²) >= 11 is 3.37. The van der Waals surface area contributed by atoms with Crippen LogP contribution in [-0.2, 0) is 4.79 Å². The number of halogens is 1. The molecule has 0 heterocycles. The second-order valence-corrected chi connectivity index (χ2v) is 5.67. The molecule has 4 nitrogen and oxygen atoms in total. The predicted octanol–water partition coefficient (Wildman–Crippen LogP) is 3.79. The highest BCUT2D eigenvalue weighted by molar-refractivity contribution is 9.10. The van der Waals surface area contributed by atoms with Crippen molar-refractivity contribution >= 4 is 33.7 Å². The number of hydrogen-bond acceptors (Lipinski definition) is 3. The fourth-order valence-corrected chi connectivity index (χ4v) is 2.15. The fourth-order valence-electron chi connectivity index (χ4n) is 1.89. The molecule has 2 N–H and O–H groups in total. The van der Waals surface area contributed by atoms with E-state index in [0.29, 0.717) is 6.42 Å². The first-order valence-corrected chi connectivity index (χ1v) is 7.88. The van der Waals surface area contributed by atoms with Crippen molar-refractivity contribution < 1.29 is 4.79 Å². The first-order valence-electron chi connectivity index (χ1n) is 7.09. The van der Waals surface area contributed by atoms with Gasteiger partial charge >= 0.3 is 0 Å². The van der Waals surface area contributed by atoms with Crippen LogP contribution in [0.5, 0.6) is 0 Å². The van der Waals surface area contributed by atoms with Crippen LogP contribution in [0.15, 0.2) is 64.2 Å². The van der Waals surface area contributed by atoms with Crippen LogP contribution in [-0.4, -0.2) is 18.2 Å². The highest BCUT2D eigenvalue weighted by Crippen LogP contribution is 2.10. The summed E-state index contributed by atoms with van der Waals surface area (Å²) in [7, 11) is 0. The molecular weight excluding hydrogens is 342 g/mol. The maximum Gasteiger partial charge on any atom is 0.262 e. The molecular formula is C17H18BrN3O. The minimum atomic E-state index is -0.315. The summed E-state index contributed by atoms with van der Waals surface area (Å²) in [4.78, 5) is 12.1. The van der Waals surface area contributed by atoms with Gasteiger partial charge in [-0.25, -0.2) is 5.43 Å². The van der Waals surface area contributed by atoms with E-state index < -0.39 is 0 Å². The number of benzene rings is 2. The van der Waals surface area contributed by atoms with Crippen molar-refractivity contribution in [1.29, 1.82) is 0 Å². The van der Waals surface area contributed by atoms with Gasteiger partial charge in [-0.15, -0.1) is 0 Å². The van der Waals surface area contributed by atoms with Gasteiger partial charge in [0.1, 0.15) is 6.04 Å². The molecule has 22 heavy (non-hydrogen) atoms. The van der Waals surface area contributed by atoms with Crippen molar-refractivity contribution in [3.63, 3.8) is 0 Å². The van der Waals surface area contributed by atoms with Crippen molar-refractivity contribution in [3.8, 4) is 0 Å². The summed E-state index contributed by atoms with van der Waals surface area (Å²) in [6.45, 7) is 1.96. The van der Waals surface area contributed by atoms with Gasteiger partial charge in [-0.2, -0.15) is 5.10 Å². The SMILES string of the molecule is CCC(Nc1ccccc1)C(=O)N/N=C/c1ccc(Br)cc1. The van der Waals surface area contributed by atoms with Crippen molar-refractivity contribution in [2.24, 2.45) is 5.10 Å². The molecule has 2 rings (SSSR count). The molecule has 1 atom stereocenters. The van der Waals surface area contributed by atoms with E-state index in [1.54, 1.807) is 6.21 Å². The van der Waals surface area contributed by atoms with Gasteiger partial charge < -0.3 is 5.32 Å². The van der Waals surface area contributed by atoms with Crippen LogP contribution in [0, 0.1) is 0 Å². The van der Waals surface area contributed by atoms with Gasteiger partial charge in [0, 0.05) is 10.2 Å². The largest absolute Gasteiger partial charge is 0.374 e. The van der Waals surface area contributed by atoms with Gasteiger partial charge in [0.05, 0.1) is 6.21 Å². The lowest BCUT2D eigenvalue weighted by molar-refractivity contribution is -0.121. The van der Waals surface area contributed by atoms with Crippen molar-refractivity contribution in [1.82, 2.24) is 5.43 Å². The maximum atomic E-state index is 12.1. The van der Waals surface area contributed by atoms with Crippen molar-refractivity contribution in [2.75, 3.05) is 5.32 Å². The number of hydrazone groups is 1. The lowest BCUT2D eigenvalue weighted by Gasteiger charge is -2.16. The molecule has 5 heteroatoms. The molecule has 0 saturated heterocycles. The molecule has 0 spiro atoms. The first kappa shape index (κ1) is 16.2. The molecule has 1 unspecified atom stereocenters. The normalized spacial score (nSPS) is 12.1. The second-order valence-electron chi connectivity index (χ2n) is 4.76. The van der Waals surface area contributed by atoms with Crippen LogP contribution in [0.4, 0.5) is 5.69 Å². The number of carbonyl (C=O) groups excluding carboxylic acids is 1. The summed E-state index contributed by atoms with van der Waals surface area (Å²) in [5, 5.41) is 7.19. The number of nitrogens with zero attached hydrogens (tertiary/aromatic N) is 1. The summed E-state index contributed by atoms with van der Waals surface area (Å²) < 4.78 is 1.01. The van der Waals surface area contributed by atoms with Gasteiger partial charge in [-0.05, 0) is 36.2 Å². The number of hydrogen-bond donors (Lipinski definition) is 2. The average molecular weight is 360 g/mol. The Kier molecular flexibility index (Phi) is 6.15. The second kappa shape index (κ2) is 8.34. The Balaban J connectivity index is 1.90. The highest BCUT2D eigenvalue weighted by atomic mass is 79.9. The standard InChI is InChI=1S/C17H18BrN3O/c1-2-16(20-15-6-4-3-5-7-15)17(22)21-19-12-13-8-10-14(18)11-9-13/h3-12,16,20H,2H2,1H3,(H,21,22)/b19-12+. The molecule has 0 aliphatic rings. The Morgan fingerprint density at radius 3 is 2.50 bits per heavy atom. The van der Waals surface area contributed by atoms with Gasteiger partial charge in [-0.1, -0.05) is 53.2 Å². The quantitative estimate of drug-likeness (QED) is 0.608. The summed E-state index contributed by atoms with van der Waals surface area (Å²) in [5.41, 5.74) is 4.41. The van der Waals surface area contributed by atoms with Crippen LogP contribution in [0.2, 0.25) is 0 Å². The first-order chi connectivity index (χ1) is 10.7. The smallest absolute Gasteiger partial charge is 0.262 e. The molecule has 0 fully saturated rings. The minimum Gasteiger partial charge on any atom is -0.374 e. The summed E-state index contributed by atoms with van der Waals surface area (Å²) in [5.74, 6) is -0.153. The number of amides is 1. The van der Waals surface area contributed by atoms with Crippen LogP contribution < -0.4 is 10.7 Å². The molecule has 0 aliphatic carbocycles. The Labute approximate surface area is 138 Å². The predicted molar refractivity (Wildman–Crippen MR) is 94.0 cm³/mol. The molecule has 0 aromatic heterocycles. The van der Waals surface area contributed by atoms with Gasteiger partial charge in [0.25, 0.3) is 5.91 Å². The third-order valence-electron chi connectivity index (χ3n) is 3.10. The minimum absolute atomic E-state index is 0.153. The molecule has 0 bridgehead atoms. The van der Waals surface area contributed by atoms with Crippen LogP contribution in [0.1, 0.15) is 18.9 Å². The summed E-state index contributed by atoms with van der Waals surface area (Å²) in [6.07, 6.45) is 2.30. The molecule has 0 aliphatic heterocycles. The molecule has 0 saturated carbocycles. The molecule has 1 amide bonds. The number of para-hydroxylation sites is 1. The van der Waals surface area contributed by atoms with Crippen molar-refractivity contribution in [2.45, 2.75) is 19.4 Å². The lowest BCUT2D eigenvalue weighted by atomic mass is 10.2. The highest BCUT2D eigenvalue weighted by Gasteiger charge is 2.15. The zero-order chi connectivity index (χ0) is 15.8. The number of rotatable bonds is 6. The Bertz CT molecular complexity index is 626. The zero-order valence-electron chi connectivity index (χ0n) is 12.3. The van der Waals surface area contributed by atoms with Gasteiger partial charge in [0.2, 0.25) is 0 Å². The van der Waals surface area contributed by atoms with Gasteiger partial charge in [0.15, 0.2) is 0 Å². The zero-order valence-corrected chi connectivity index (χ0v) is 13.9. The third-order valence-corrected chi connectivity index (χ3v) is 3.63. The third kappa shape index (κ3) is 5.00. The van der Waals surface area contributed by atoms with E-state index in [2.05, 4.69) is 31.8 Å². The number of nitrogens with one attached hydrogen (secondary N) is 2. The van der Waals surface area contributed by atoms with Crippen LogP contribution in [0.25, 0.3) is 0 Å². The maximum absolute atomic E-state index is 12.1. The van der Waals surface area contributed by atoms with Gasteiger partial charge in [-0.3, -0.25) is 4.79 Å². The number of anilines is 1. The molecule has 2 aromatic carbocycles. The fraction of sp³-hybridized carbons (Fsp3) is 0.176. The summed E-state index contributed by atoms with van der Waals surface area (Å²) in [6, 6.07) is 17.0. The molecule has 2 aromatic rings. The van der Waals surface area contributed by atoms with E-state index in [-0.39, 0.29) is 11.9 Å². The van der Waals surface area contributed by atoms with E-state index >= 15 is 0 Å². The van der Waals surface area contributed by atoms with Crippen LogP contribution in [0.3, 0.4) is 0 Å². The Hall–Kier alpha value is -2.14. The monoisotopic (exact) mass is 359 g/mol. The Morgan fingerprint density at radius 1 is 1.18 bits per heavy atom. The lowest BCUT2D eigenvalue weighted by Crippen LogP contribution is -2.36. The average Bonchev–Trinajstić information content (AvgIpc) is 2.55. The van der Waals surface area contributed by atoms with E-state index in [9.17, 15) is 4.79 Å². The van der Waals surface area contributed by atoms with E-state index in [1.807, 2.05) is 61.5 Å². The van der Waals surface area contributed by atoms with E-state index in [4.69, 9.17) is 0 Å². The topological polar surface area (TPSA) is 53.5 Å². The van der Waals surface area contributed by atoms with E-state index in [1.165, 1.54) is 0 Å². The van der Waals surface area contributed by atoms with E-state index in [0.717, 1.165) is 15.7 Å². The van der Waals surface area contributed by atoms with Crippen LogP contribution >= 0.6 is 15.9 Å². The number of carbonyl (C=O) groups is 1. The Morgan fingerprint density at radius 2 is 1.86 bits per heavy atom.